The highest BCUT2D eigenvalue weighted by atomic mass is 19.1. The molecule has 0 spiro atoms. The molecule has 5 rings (SSSR count). The van der Waals surface area contributed by atoms with Crippen molar-refractivity contribution in [3.05, 3.63) is 75.3 Å². The molecule has 1 aliphatic heterocycles. The second-order valence-electron chi connectivity index (χ2n) is 7.56. The molecule has 0 amide bonds. The van der Waals surface area contributed by atoms with E-state index in [0.29, 0.717) is 57.9 Å². The van der Waals surface area contributed by atoms with Crippen LogP contribution in [0.5, 0.6) is 5.75 Å². The molecule has 0 saturated heterocycles. The van der Waals surface area contributed by atoms with Gasteiger partial charge in [-0.2, -0.15) is 5.10 Å². The number of aromatic amines is 1. The molecule has 0 unspecified atom stereocenters. The molecular formula is C23H20FN5O3. The summed E-state index contributed by atoms with van der Waals surface area (Å²) in [5, 5.41) is 19.8. The monoisotopic (exact) mass is 433 g/mol. The predicted molar refractivity (Wildman–Crippen MR) is 117 cm³/mol. The molecule has 0 fully saturated rings. The quantitative estimate of drug-likeness (QED) is 0.444. The zero-order valence-corrected chi connectivity index (χ0v) is 17.3. The SMILES string of the molecule is Cc1nc(CO)ccc1-c1cnc(NCc2c(F)ccc3c2CCO3)c2cn[nH]c(=O)c12. The van der Waals surface area contributed by atoms with Gasteiger partial charge in [-0.15, -0.1) is 0 Å². The van der Waals surface area contributed by atoms with Gasteiger partial charge in [0.05, 0.1) is 35.9 Å². The topological polar surface area (TPSA) is 113 Å². The fourth-order valence-corrected chi connectivity index (χ4v) is 4.12. The van der Waals surface area contributed by atoms with Gasteiger partial charge in [-0.25, -0.2) is 14.5 Å². The van der Waals surface area contributed by atoms with E-state index in [0.717, 1.165) is 11.1 Å². The van der Waals surface area contributed by atoms with Crippen LogP contribution in [0, 0.1) is 12.7 Å². The van der Waals surface area contributed by atoms with E-state index in [1.807, 2.05) is 6.92 Å². The third-order valence-electron chi connectivity index (χ3n) is 5.67. The summed E-state index contributed by atoms with van der Waals surface area (Å²) < 4.78 is 20.0. The summed E-state index contributed by atoms with van der Waals surface area (Å²) >= 11 is 0. The van der Waals surface area contributed by atoms with Crippen LogP contribution < -0.4 is 15.6 Å². The van der Waals surface area contributed by atoms with E-state index in [1.54, 1.807) is 24.4 Å². The second-order valence-corrected chi connectivity index (χ2v) is 7.56. The van der Waals surface area contributed by atoms with Gasteiger partial charge in [0, 0.05) is 47.1 Å². The average Bonchev–Trinajstić information content (AvgIpc) is 3.27. The summed E-state index contributed by atoms with van der Waals surface area (Å²) in [6.07, 6.45) is 3.77. The highest BCUT2D eigenvalue weighted by Gasteiger charge is 2.20. The maximum Gasteiger partial charge on any atom is 0.272 e. The minimum absolute atomic E-state index is 0.168. The van der Waals surface area contributed by atoms with Gasteiger partial charge in [-0.05, 0) is 25.1 Å². The van der Waals surface area contributed by atoms with Gasteiger partial charge in [-0.1, -0.05) is 6.07 Å². The molecule has 162 valence electrons. The van der Waals surface area contributed by atoms with E-state index in [-0.39, 0.29) is 24.5 Å². The number of aliphatic hydroxyl groups is 1. The summed E-state index contributed by atoms with van der Waals surface area (Å²) in [4.78, 5) is 21.6. The first kappa shape index (κ1) is 20.1. The number of halogens is 1. The Morgan fingerprint density at radius 1 is 1.22 bits per heavy atom. The molecule has 0 atom stereocenters. The van der Waals surface area contributed by atoms with E-state index in [4.69, 9.17) is 4.74 Å². The molecule has 32 heavy (non-hydrogen) atoms. The largest absolute Gasteiger partial charge is 0.493 e. The van der Waals surface area contributed by atoms with E-state index in [2.05, 4.69) is 25.5 Å². The van der Waals surface area contributed by atoms with Gasteiger partial charge in [0.2, 0.25) is 0 Å². The van der Waals surface area contributed by atoms with E-state index in [1.165, 1.54) is 12.3 Å². The van der Waals surface area contributed by atoms with Crippen molar-refractivity contribution in [2.24, 2.45) is 0 Å². The number of benzene rings is 1. The molecule has 0 bridgehead atoms. The maximum atomic E-state index is 14.5. The number of rotatable bonds is 5. The van der Waals surface area contributed by atoms with Crippen molar-refractivity contribution in [3.63, 3.8) is 0 Å². The van der Waals surface area contributed by atoms with Crippen molar-refractivity contribution in [2.75, 3.05) is 11.9 Å². The number of nitrogens with zero attached hydrogens (tertiary/aromatic N) is 3. The minimum Gasteiger partial charge on any atom is -0.493 e. The number of aliphatic hydroxyl groups excluding tert-OH is 1. The summed E-state index contributed by atoms with van der Waals surface area (Å²) in [6, 6.07) is 6.55. The fraction of sp³-hybridized carbons (Fsp3) is 0.217. The molecule has 1 aromatic carbocycles. The van der Waals surface area contributed by atoms with Crippen LogP contribution in [-0.4, -0.2) is 31.9 Å². The molecule has 3 aromatic heterocycles. The smallest absolute Gasteiger partial charge is 0.272 e. The number of aryl methyl sites for hydroxylation is 1. The van der Waals surface area contributed by atoms with E-state index < -0.39 is 0 Å². The number of aromatic nitrogens is 4. The third kappa shape index (κ3) is 3.36. The Bertz CT molecular complexity index is 1400. The van der Waals surface area contributed by atoms with Crippen LogP contribution in [0.4, 0.5) is 10.2 Å². The standard InChI is InChI=1S/C23H20FN5O3/c1-12-14(3-2-13(11-30)28-12)17-9-26-22(18-10-27-29-23(31)21(17)18)25-8-16-15-6-7-32-20(15)5-4-19(16)24/h2-5,9-10,30H,6-8,11H2,1H3,(H,25,26)(H,29,31). The van der Waals surface area contributed by atoms with Crippen LogP contribution in [-0.2, 0) is 19.6 Å². The zero-order valence-electron chi connectivity index (χ0n) is 17.3. The maximum absolute atomic E-state index is 14.5. The number of hydrogen-bond donors (Lipinski definition) is 3. The minimum atomic E-state index is -0.367. The highest BCUT2D eigenvalue weighted by molar-refractivity contribution is 6.01. The molecule has 0 aliphatic carbocycles. The molecular weight excluding hydrogens is 413 g/mol. The second kappa shape index (κ2) is 8.01. The lowest BCUT2D eigenvalue weighted by atomic mass is 10.0. The van der Waals surface area contributed by atoms with Crippen molar-refractivity contribution in [3.8, 4) is 16.9 Å². The molecule has 4 heterocycles. The first-order valence-electron chi connectivity index (χ1n) is 10.2. The van der Waals surface area contributed by atoms with Gasteiger partial charge in [0.15, 0.2) is 0 Å². The first-order valence-corrected chi connectivity index (χ1v) is 10.2. The summed E-state index contributed by atoms with van der Waals surface area (Å²) in [7, 11) is 0. The van der Waals surface area contributed by atoms with Crippen molar-refractivity contribution in [2.45, 2.75) is 26.5 Å². The number of hydrogen-bond acceptors (Lipinski definition) is 7. The van der Waals surface area contributed by atoms with Gasteiger partial charge in [-0.3, -0.25) is 9.78 Å². The summed E-state index contributed by atoms with van der Waals surface area (Å²) in [5.74, 6) is 0.809. The van der Waals surface area contributed by atoms with Crippen molar-refractivity contribution < 1.29 is 14.2 Å². The number of anilines is 1. The molecule has 9 heteroatoms. The Balaban J connectivity index is 1.57. The average molecular weight is 433 g/mol. The van der Waals surface area contributed by atoms with E-state index in [9.17, 15) is 14.3 Å². The van der Waals surface area contributed by atoms with Crippen LogP contribution >= 0.6 is 0 Å². The lowest BCUT2D eigenvalue weighted by Crippen LogP contribution is -2.12. The Morgan fingerprint density at radius 2 is 2.09 bits per heavy atom. The van der Waals surface area contributed by atoms with Crippen LogP contribution in [0.1, 0.15) is 22.5 Å². The fourth-order valence-electron chi connectivity index (χ4n) is 4.12. The Morgan fingerprint density at radius 3 is 2.91 bits per heavy atom. The Kier molecular flexibility index (Phi) is 5.02. The lowest BCUT2D eigenvalue weighted by molar-refractivity contribution is 0.276. The van der Waals surface area contributed by atoms with Gasteiger partial charge in [0.25, 0.3) is 5.56 Å². The van der Waals surface area contributed by atoms with Crippen molar-refractivity contribution in [1.29, 1.82) is 0 Å². The van der Waals surface area contributed by atoms with E-state index >= 15 is 0 Å². The molecule has 1 aliphatic rings. The van der Waals surface area contributed by atoms with Crippen LogP contribution in [0.2, 0.25) is 0 Å². The Labute approximate surface area is 182 Å². The number of fused-ring (bicyclic) bond motifs is 2. The Hall–Kier alpha value is -3.85. The number of nitrogens with one attached hydrogen (secondary N) is 2. The van der Waals surface area contributed by atoms with Crippen molar-refractivity contribution >= 4 is 16.6 Å². The number of H-pyrrole nitrogens is 1. The molecule has 0 saturated carbocycles. The number of pyridine rings is 2. The molecule has 4 aromatic rings. The van der Waals surface area contributed by atoms with Crippen LogP contribution in [0.3, 0.4) is 0 Å². The van der Waals surface area contributed by atoms with Gasteiger partial charge in [0.1, 0.15) is 17.4 Å². The molecule has 0 radical (unpaired) electrons. The molecule has 3 N–H and O–H groups in total. The highest BCUT2D eigenvalue weighted by Crippen LogP contribution is 2.33. The first-order chi connectivity index (χ1) is 15.6. The summed E-state index contributed by atoms with van der Waals surface area (Å²) in [5.41, 5.74) is 3.54. The zero-order chi connectivity index (χ0) is 22.2. The number of ether oxygens (including phenoxy) is 1. The third-order valence-corrected chi connectivity index (χ3v) is 5.67. The molecule has 8 nitrogen and oxygen atoms in total. The summed E-state index contributed by atoms with van der Waals surface area (Å²) in [6.45, 7) is 2.36. The normalized spacial score (nSPS) is 12.6. The predicted octanol–water partition coefficient (Wildman–Crippen LogP) is 2.87. The van der Waals surface area contributed by atoms with Crippen LogP contribution in [0.15, 0.2) is 41.5 Å². The van der Waals surface area contributed by atoms with Crippen LogP contribution in [0.25, 0.3) is 21.9 Å². The lowest BCUT2D eigenvalue weighted by Gasteiger charge is -2.14. The van der Waals surface area contributed by atoms with Crippen molar-refractivity contribution in [1.82, 2.24) is 20.2 Å². The van der Waals surface area contributed by atoms with Gasteiger partial charge >= 0.3 is 0 Å². The van der Waals surface area contributed by atoms with Gasteiger partial charge < -0.3 is 15.2 Å².